The zero-order valence-electron chi connectivity index (χ0n) is 16.3. The van der Waals surface area contributed by atoms with Gasteiger partial charge in [0.25, 0.3) is 5.91 Å². The number of carbonyl (C=O) groups excluding carboxylic acids is 2. The van der Waals surface area contributed by atoms with Crippen molar-refractivity contribution >= 4 is 39.1 Å². The molecule has 4 rings (SSSR count). The van der Waals surface area contributed by atoms with Crippen molar-refractivity contribution in [3.05, 3.63) is 51.3 Å². The molecule has 1 aromatic carbocycles. The summed E-state index contributed by atoms with van der Waals surface area (Å²) >= 11 is 1.39. The van der Waals surface area contributed by atoms with Crippen LogP contribution in [0.4, 0.5) is 5.69 Å². The Morgan fingerprint density at radius 2 is 1.93 bits per heavy atom. The minimum Gasteiger partial charge on any atom is -0.465 e. The van der Waals surface area contributed by atoms with Gasteiger partial charge in [0, 0.05) is 17.0 Å². The molecule has 0 unspecified atom stereocenters. The Hall–Kier alpha value is -2.80. The highest BCUT2D eigenvalue weighted by molar-refractivity contribution is 7.20. The van der Waals surface area contributed by atoms with Crippen molar-refractivity contribution in [2.24, 2.45) is 0 Å². The van der Waals surface area contributed by atoms with Gasteiger partial charge in [0.15, 0.2) is 0 Å². The molecule has 1 fully saturated rings. The number of anilines is 1. The number of nitrogens with zero attached hydrogens (tertiary/aromatic N) is 2. The van der Waals surface area contributed by atoms with Gasteiger partial charge in [-0.15, -0.1) is 11.3 Å². The Labute approximate surface area is 167 Å². The minimum atomic E-state index is -0.438. The van der Waals surface area contributed by atoms with Gasteiger partial charge in [-0.25, -0.2) is 14.8 Å². The average molecular weight is 395 g/mol. The summed E-state index contributed by atoms with van der Waals surface area (Å²) in [7, 11) is 1.33. The first-order chi connectivity index (χ1) is 13.4. The molecule has 0 saturated heterocycles. The molecule has 1 saturated carbocycles. The third-order valence-electron chi connectivity index (χ3n) is 5.04. The van der Waals surface area contributed by atoms with Crippen molar-refractivity contribution in [2.75, 3.05) is 12.4 Å². The van der Waals surface area contributed by atoms with Crippen molar-refractivity contribution in [1.29, 1.82) is 0 Å². The van der Waals surface area contributed by atoms with E-state index in [-0.39, 0.29) is 5.91 Å². The monoisotopic (exact) mass is 395 g/mol. The summed E-state index contributed by atoms with van der Waals surface area (Å²) in [5.74, 6) is 0.705. The predicted molar refractivity (Wildman–Crippen MR) is 109 cm³/mol. The van der Waals surface area contributed by atoms with E-state index in [9.17, 15) is 9.59 Å². The molecular weight excluding hydrogens is 374 g/mol. The lowest BCUT2D eigenvalue weighted by atomic mass is 10.1. The number of benzene rings is 1. The Morgan fingerprint density at radius 3 is 2.61 bits per heavy atom. The molecule has 0 bridgehead atoms. The van der Waals surface area contributed by atoms with Crippen LogP contribution < -0.4 is 5.32 Å². The number of carbonyl (C=O) groups is 2. The number of fused-ring (bicyclic) bond motifs is 1. The van der Waals surface area contributed by atoms with Crippen molar-refractivity contribution in [3.8, 4) is 0 Å². The number of ether oxygens (including phenoxy) is 1. The molecule has 3 aromatic rings. The number of hydrogen-bond acceptors (Lipinski definition) is 6. The number of hydrogen-bond donors (Lipinski definition) is 1. The summed E-state index contributed by atoms with van der Waals surface area (Å²) in [5, 5.41) is 3.89. The second-order valence-electron chi connectivity index (χ2n) is 7.15. The molecule has 1 amide bonds. The van der Waals surface area contributed by atoms with Crippen molar-refractivity contribution in [1.82, 2.24) is 9.97 Å². The number of aryl methyl sites for hydroxylation is 3. The molecule has 1 N–H and O–H groups in total. The van der Waals surface area contributed by atoms with Crippen LogP contribution in [0.15, 0.2) is 18.2 Å². The van der Waals surface area contributed by atoms with Crippen molar-refractivity contribution in [2.45, 2.75) is 39.5 Å². The Bertz CT molecular complexity index is 1120. The molecule has 0 atom stereocenters. The van der Waals surface area contributed by atoms with E-state index in [1.54, 1.807) is 18.2 Å². The second-order valence-corrected chi connectivity index (χ2v) is 8.15. The van der Waals surface area contributed by atoms with E-state index >= 15 is 0 Å². The van der Waals surface area contributed by atoms with Crippen LogP contribution >= 0.6 is 11.3 Å². The topological polar surface area (TPSA) is 81.2 Å². The van der Waals surface area contributed by atoms with Gasteiger partial charge >= 0.3 is 5.97 Å². The first-order valence-corrected chi connectivity index (χ1v) is 9.98. The lowest BCUT2D eigenvalue weighted by molar-refractivity contribution is 0.0600. The molecule has 2 aromatic heterocycles. The molecule has 28 heavy (non-hydrogen) atoms. The van der Waals surface area contributed by atoms with Gasteiger partial charge in [0.1, 0.15) is 10.7 Å². The molecule has 0 radical (unpaired) electrons. The number of esters is 1. The molecule has 0 spiro atoms. The third-order valence-corrected chi connectivity index (χ3v) is 6.23. The van der Waals surface area contributed by atoms with E-state index in [2.05, 4.69) is 10.3 Å². The highest BCUT2D eigenvalue weighted by Gasteiger charge is 2.28. The molecule has 0 aliphatic heterocycles. The van der Waals surface area contributed by atoms with Crippen LogP contribution in [0.2, 0.25) is 0 Å². The number of thiophene rings is 1. The molecule has 2 heterocycles. The van der Waals surface area contributed by atoms with E-state index in [4.69, 9.17) is 9.72 Å². The first kappa shape index (κ1) is 18.6. The van der Waals surface area contributed by atoms with Crippen LogP contribution in [0.1, 0.15) is 61.4 Å². The zero-order valence-corrected chi connectivity index (χ0v) is 17.1. The van der Waals surface area contributed by atoms with Gasteiger partial charge in [-0.3, -0.25) is 4.79 Å². The van der Waals surface area contributed by atoms with Crippen LogP contribution in [0.5, 0.6) is 0 Å². The lowest BCUT2D eigenvalue weighted by Gasteiger charge is -2.10. The number of nitrogens with one attached hydrogen (secondary N) is 1. The van der Waals surface area contributed by atoms with Crippen LogP contribution in [-0.2, 0) is 4.74 Å². The minimum absolute atomic E-state index is 0.210. The largest absolute Gasteiger partial charge is 0.465 e. The van der Waals surface area contributed by atoms with E-state index in [0.29, 0.717) is 22.0 Å². The summed E-state index contributed by atoms with van der Waals surface area (Å²) in [6.45, 7) is 5.78. The summed E-state index contributed by atoms with van der Waals surface area (Å²) in [6, 6.07) is 5.11. The number of methoxy groups -OCH3 is 1. The van der Waals surface area contributed by atoms with E-state index < -0.39 is 5.97 Å². The molecule has 144 valence electrons. The van der Waals surface area contributed by atoms with Gasteiger partial charge in [-0.05, 0) is 56.9 Å². The second kappa shape index (κ2) is 6.98. The summed E-state index contributed by atoms with van der Waals surface area (Å²) in [4.78, 5) is 35.6. The Morgan fingerprint density at radius 1 is 1.18 bits per heavy atom. The van der Waals surface area contributed by atoms with Crippen LogP contribution in [0.25, 0.3) is 10.2 Å². The van der Waals surface area contributed by atoms with Crippen LogP contribution in [0, 0.1) is 20.8 Å². The van der Waals surface area contributed by atoms with Gasteiger partial charge in [-0.1, -0.05) is 6.07 Å². The average Bonchev–Trinajstić information content (AvgIpc) is 3.46. The van der Waals surface area contributed by atoms with Gasteiger partial charge in [0.2, 0.25) is 0 Å². The normalized spacial score (nSPS) is 13.6. The number of amides is 1. The Kier molecular flexibility index (Phi) is 4.63. The first-order valence-electron chi connectivity index (χ1n) is 9.17. The fourth-order valence-corrected chi connectivity index (χ4v) is 4.42. The predicted octanol–water partition coefficient (Wildman–Crippen LogP) is 4.53. The smallest absolute Gasteiger partial charge is 0.337 e. The number of rotatable bonds is 4. The summed E-state index contributed by atoms with van der Waals surface area (Å²) in [5.41, 5.74) is 3.66. The highest BCUT2D eigenvalue weighted by atomic mass is 32.1. The molecular formula is C21H21N3O3S. The van der Waals surface area contributed by atoms with Gasteiger partial charge in [-0.2, -0.15) is 0 Å². The maximum atomic E-state index is 13.0. The van der Waals surface area contributed by atoms with Crippen LogP contribution in [0.3, 0.4) is 0 Å². The van der Waals surface area contributed by atoms with Gasteiger partial charge < -0.3 is 10.1 Å². The quantitative estimate of drug-likeness (QED) is 0.656. The van der Waals surface area contributed by atoms with Crippen molar-refractivity contribution < 1.29 is 14.3 Å². The Balaban J connectivity index is 1.69. The summed E-state index contributed by atoms with van der Waals surface area (Å²) in [6.07, 6.45) is 2.27. The lowest BCUT2D eigenvalue weighted by Crippen LogP contribution is -2.13. The maximum absolute atomic E-state index is 13.0. The van der Waals surface area contributed by atoms with E-state index in [0.717, 1.165) is 45.7 Å². The van der Waals surface area contributed by atoms with Crippen molar-refractivity contribution in [3.63, 3.8) is 0 Å². The van der Waals surface area contributed by atoms with E-state index in [1.165, 1.54) is 18.4 Å². The molecule has 1 aliphatic rings. The SMILES string of the molecule is COC(=O)c1ccc(C)c(NC(=O)c2sc3nc(C4CC4)nc(C)c3c2C)c1. The summed E-state index contributed by atoms with van der Waals surface area (Å²) < 4.78 is 4.76. The van der Waals surface area contributed by atoms with Crippen LogP contribution in [-0.4, -0.2) is 29.0 Å². The van der Waals surface area contributed by atoms with E-state index in [1.807, 2.05) is 20.8 Å². The molecule has 1 aliphatic carbocycles. The maximum Gasteiger partial charge on any atom is 0.337 e. The standard InChI is InChI=1S/C21H21N3O3S/c1-10-5-6-14(21(26)27-4)9-15(10)23-19(25)17-11(2)16-12(3)22-18(13-7-8-13)24-20(16)28-17/h5-6,9,13H,7-8H2,1-4H3,(H,23,25). The van der Waals surface area contributed by atoms with Gasteiger partial charge in [0.05, 0.1) is 23.2 Å². The highest BCUT2D eigenvalue weighted by Crippen LogP contribution is 2.40. The molecule has 7 heteroatoms. The molecule has 6 nitrogen and oxygen atoms in total. The third kappa shape index (κ3) is 3.26. The number of aromatic nitrogens is 2. The fraction of sp³-hybridized carbons (Fsp3) is 0.333. The zero-order chi connectivity index (χ0) is 20.0. The fourth-order valence-electron chi connectivity index (χ4n) is 3.28.